The van der Waals surface area contributed by atoms with Crippen LogP contribution in [0.25, 0.3) is 0 Å². The highest BCUT2D eigenvalue weighted by atomic mass is 19.1. The molecule has 2 rings (SSSR count). The van der Waals surface area contributed by atoms with Crippen molar-refractivity contribution in [1.29, 1.82) is 0 Å². The number of benzene rings is 2. The van der Waals surface area contributed by atoms with Crippen LogP contribution in [0.3, 0.4) is 0 Å². The number of carbonyl (C=O) groups is 3. The molecule has 0 unspecified atom stereocenters. The fourth-order valence-corrected chi connectivity index (χ4v) is 2.60. The van der Waals surface area contributed by atoms with Crippen molar-refractivity contribution in [1.82, 2.24) is 16.2 Å². The van der Waals surface area contributed by atoms with E-state index in [1.54, 1.807) is 36.4 Å². The number of carbonyl (C=O) groups excluding carboxylic acids is 3. The van der Waals surface area contributed by atoms with Gasteiger partial charge in [-0.2, -0.15) is 0 Å². The zero-order valence-corrected chi connectivity index (χ0v) is 17.1. The Balaban J connectivity index is 1.95. The lowest BCUT2D eigenvalue weighted by atomic mass is 9.98. The number of hydrogen-bond acceptors (Lipinski definition) is 4. The van der Waals surface area contributed by atoms with Crippen LogP contribution in [-0.2, 0) is 9.59 Å². The molecule has 0 fully saturated rings. The van der Waals surface area contributed by atoms with Crippen molar-refractivity contribution >= 4 is 17.7 Å². The minimum Gasteiger partial charge on any atom is -0.478 e. The summed E-state index contributed by atoms with van der Waals surface area (Å²) in [4.78, 5) is 37.2. The Morgan fingerprint density at radius 1 is 0.933 bits per heavy atom. The van der Waals surface area contributed by atoms with Gasteiger partial charge in [-0.05, 0) is 37.1 Å². The third kappa shape index (κ3) is 6.30. The van der Waals surface area contributed by atoms with Crippen LogP contribution in [0, 0.1) is 11.7 Å². The molecule has 0 aliphatic heterocycles. The lowest BCUT2D eigenvalue weighted by Crippen LogP contribution is -2.56. The van der Waals surface area contributed by atoms with E-state index in [9.17, 15) is 18.8 Å². The molecule has 2 aromatic rings. The number of nitrogens with one attached hydrogen (secondary N) is 3. The van der Waals surface area contributed by atoms with Crippen LogP contribution in [0.2, 0.25) is 0 Å². The highest BCUT2D eigenvalue weighted by Crippen LogP contribution is 2.17. The molecule has 2 aromatic carbocycles. The normalized spacial score (nSPS) is 13.5. The van der Waals surface area contributed by atoms with Gasteiger partial charge in [0.25, 0.3) is 17.7 Å². The molecule has 0 heterocycles. The molecule has 0 saturated heterocycles. The summed E-state index contributed by atoms with van der Waals surface area (Å²) in [5, 5.41) is 2.70. The van der Waals surface area contributed by atoms with Crippen molar-refractivity contribution in [2.45, 2.75) is 39.3 Å². The van der Waals surface area contributed by atoms with Crippen molar-refractivity contribution in [3.8, 4) is 5.75 Å². The minimum absolute atomic E-state index is 0.0703. The summed E-state index contributed by atoms with van der Waals surface area (Å²) in [6.45, 7) is 5.14. The molecular weight excluding hydrogens is 389 g/mol. The largest absolute Gasteiger partial charge is 0.478 e. The molecule has 3 atom stereocenters. The Bertz CT molecular complexity index is 876. The SMILES string of the molecule is CC[C@H](C)[C@H](NC(=O)c1ccccc1)C(=O)NNC(=O)[C@H](C)Oc1ccccc1F. The summed E-state index contributed by atoms with van der Waals surface area (Å²) in [6, 6.07) is 13.4. The molecule has 0 saturated carbocycles. The van der Waals surface area contributed by atoms with Crippen LogP contribution in [0.4, 0.5) is 4.39 Å². The average Bonchev–Trinajstić information content (AvgIpc) is 2.76. The van der Waals surface area contributed by atoms with E-state index in [4.69, 9.17) is 4.74 Å². The minimum atomic E-state index is -1.05. The van der Waals surface area contributed by atoms with E-state index in [0.717, 1.165) is 0 Å². The van der Waals surface area contributed by atoms with Gasteiger partial charge in [0.2, 0.25) is 0 Å². The van der Waals surface area contributed by atoms with Crippen LogP contribution in [-0.4, -0.2) is 29.9 Å². The molecule has 3 N–H and O–H groups in total. The summed E-state index contributed by atoms with van der Waals surface area (Å²) in [5.41, 5.74) is 4.99. The number of hydrazine groups is 1. The van der Waals surface area contributed by atoms with Gasteiger partial charge in [-0.15, -0.1) is 0 Å². The van der Waals surface area contributed by atoms with E-state index in [0.29, 0.717) is 12.0 Å². The Kier molecular flexibility index (Phi) is 8.34. The molecule has 160 valence electrons. The Morgan fingerprint density at radius 2 is 1.53 bits per heavy atom. The van der Waals surface area contributed by atoms with Gasteiger partial charge in [-0.1, -0.05) is 50.6 Å². The van der Waals surface area contributed by atoms with Gasteiger partial charge in [0, 0.05) is 5.56 Å². The predicted molar refractivity (Wildman–Crippen MR) is 110 cm³/mol. The van der Waals surface area contributed by atoms with E-state index >= 15 is 0 Å². The van der Waals surface area contributed by atoms with Crippen molar-refractivity contribution < 1.29 is 23.5 Å². The molecule has 30 heavy (non-hydrogen) atoms. The second-order valence-electron chi connectivity index (χ2n) is 6.87. The lowest BCUT2D eigenvalue weighted by molar-refractivity contribution is -0.133. The van der Waals surface area contributed by atoms with Gasteiger partial charge in [0.05, 0.1) is 0 Å². The number of ether oxygens (including phenoxy) is 1. The predicted octanol–water partition coefficient (Wildman–Crippen LogP) is 2.59. The van der Waals surface area contributed by atoms with Gasteiger partial charge in [0.1, 0.15) is 6.04 Å². The van der Waals surface area contributed by atoms with Crippen molar-refractivity contribution in [2.24, 2.45) is 5.92 Å². The van der Waals surface area contributed by atoms with Gasteiger partial charge in [0.15, 0.2) is 17.7 Å². The van der Waals surface area contributed by atoms with Crippen LogP contribution < -0.4 is 20.9 Å². The van der Waals surface area contributed by atoms with Gasteiger partial charge < -0.3 is 10.1 Å². The van der Waals surface area contributed by atoms with Crippen molar-refractivity contribution in [3.05, 3.63) is 66.0 Å². The first-order valence-electron chi connectivity index (χ1n) is 9.70. The molecule has 0 aromatic heterocycles. The number of para-hydroxylation sites is 1. The third-order valence-electron chi connectivity index (χ3n) is 4.64. The summed E-state index contributed by atoms with van der Waals surface area (Å²) in [6.07, 6.45) is -0.420. The first-order valence-corrected chi connectivity index (χ1v) is 9.70. The molecule has 8 heteroatoms. The number of rotatable bonds is 8. The standard InChI is InChI=1S/C22H26FN3O4/c1-4-14(2)19(24-21(28)16-10-6-5-7-11-16)22(29)26-25-20(27)15(3)30-18-13-9-8-12-17(18)23/h5-15,19H,4H2,1-3H3,(H,24,28)(H,25,27)(H,26,29)/t14-,15-,19-/m0/s1. The summed E-state index contributed by atoms with van der Waals surface area (Å²) in [7, 11) is 0. The molecule has 0 aliphatic rings. The quantitative estimate of drug-likeness (QED) is 0.578. The number of hydrogen-bond donors (Lipinski definition) is 3. The average molecular weight is 415 g/mol. The molecular formula is C22H26FN3O4. The Morgan fingerprint density at radius 3 is 2.17 bits per heavy atom. The lowest BCUT2D eigenvalue weighted by Gasteiger charge is -2.24. The molecule has 3 amide bonds. The fourth-order valence-electron chi connectivity index (χ4n) is 2.60. The highest BCUT2D eigenvalue weighted by molar-refractivity contribution is 5.97. The van der Waals surface area contributed by atoms with E-state index in [1.807, 2.05) is 13.8 Å². The van der Waals surface area contributed by atoms with Gasteiger partial charge in [-0.3, -0.25) is 25.2 Å². The second kappa shape index (κ2) is 10.9. The Hall–Kier alpha value is -3.42. The number of halogens is 1. The monoisotopic (exact) mass is 415 g/mol. The van der Waals surface area contributed by atoms with E-state index in [-0.39, 0.29) is 11.7 Å². The van der Waals surface area contributed by atoms with E-state index < -0.39 is 35.7 Å². The fraction of sp³-hybridized carbons (Fsp3) is 0.318. The Labute approximate surface area is 175 Å². The number of amides is 3. The first kappa shape index (κ1) is 22.9. The van der Waals surface area contributed by atoms with Crippen LogP contribution in [0.5, 0.6) is 5.75 Å². The van der Waals surface area contributed by atoms with E-state index in [2.05, 4.69) is 16.2 Å². The molecule has 7 nitrogen and oxygen atoms in total. The zero-order chi connectivity index (χ0) is 22.1. The molecule has 0 aliphatic carbocycles. The summed E-state index contributed by atoms with van der Waals surface area (Å²) >= 11 is 0. The van der Waals surface area contributed by atoms with Crippen LogP contribution in [0.1, 0.15) is 37.6 Å². The van der Waals surface area contributed by atoms with Crippen molar-refractivity contribution in [2.75, 3.05) is 0 Å². The van der Waals surface area contributed by atoms with Crippen molar-refractivity contribution in [3.63, 3.8) is 0 Å². The van der Waals surface area contributed by atoms with Crippen LogP contribution >= 0.6 is 0 Å². The highest BCUT2D eigenvalue weighted by Gasteiger charge is 2.27. The molecule has 0 spiro atoms. The maximum atomic E-state index is 13.7. The smallest absolute Gasteiger partial charge is 0.279 e. The van der Waals surface area contributed by atoms with Gasteiger partial charge in [-0.25, -0.2) is 4.39 Å². The molecule has 0 radical (unpaired) electrons. The maximum Gasteiger partial charge on any atom is 0.279 e. The summed E-state index contributed by atoms with van der Waals surface area (Å²) < 4.78 is 18.9. The first-order chi connectivity index (χ1) is 14.3. The summed E-state index contributed by atoms with van der Waals surface area (Å²) in [5.74, 6) is -2.47. The topological polar surface area (TPSA) is 96.5 Å². The second-order valence-corrected chi connectivity index (χ2v) is 6.87. The zero-order valence-electron chi connectivity index (χ0n) is 17.1. The maximum absolute atomic E-state index is 13.7. The van der Waals surface area contributed by atoms with E-state index in [1.165, 1.54) is 25.1 Å². The third-order valence-corrected chi connectivity index (χ3v) is 4.64. The molecule has 0 bridgehead atoms. The van der Waals surface area contributed by atoms with Crippen LogP contribution in [0.15, 0.2) is 54.6 Å². The van der Waals surface area contributed by atoms with Gasteiger partial charge >= 0.3 is 0 Å².